The second kappa shape index (κ2) is 6.94. The number of rotatable bonds is 1. The van der Waals surface area contributed by atoms with Crippen LogP contribution in [0.15, 0.2) is 29.5 Å². The third kappa shape index (κ3) is 3.21. The average Bonchev–Trinajstić information content (AvgIpc) is 2.77. The van der Waals surface area contributed by atoms with Gasteiger partial charge in [0.25, 0.3) is 0 Å². The molecule has 0 bridgehead atoms. The number of carbonyl (C=O) groups excluding carboxylic acids is 2. The molecule has 1 saturated carbocycles. The van der Waals surface area contributed by atoms with Crippen LogP contribution in [0.4, 0.5) is 11.4 Å². The molecule has 1 aromatic rings. The first-order valence-corrected chi connectivity index (χ1v) is 10.4. The Labute approximate surface area is 166 Å². The summed E-state index contributed by atoms with van der Waals surface area (Å²) < 4.78 is 0. The molecule has 0 spiro atoms. The first-order valence-electron chi connectivity index (χ1n) is 10.4. The maximum Gasteiger partial charge on any atom is 0.224 e. The molecule has 0 aromatic heterocycles. The highest BCUT2D eigenvalue weighted by Gasteiger charge is 2.45. The number of amides is 1. The van der Waals surface area contributed by atoms with Crippen molar-refractivity contribution in [1.29, 1.82) is 0 Å². The Kier molecular flexibility index (Phi) is 4.72. The minimum atomic E-state index is -0.257. The van der Waals surface area contributed by atoms with Crippen LogP contribution in [0.2, 0.25) is 0 Å². The number of hydrogen-bond acceptors (Lipinski definition) is 4. The van der Waals surface area contributed by atoms with Gasteiger partial charge in [0.2, 0.25) is 5.91 Å². The zero-order valence-corrected chi connectivity index (χ0v) is 17.0. The Morgan fingerprint density at radius 2 is 1.89 bits per heavy atom. The quantitative estimate of drug-likeness (QED) is 0.687. The molecule has 150 valence electrons. The highest BCUT2D eigenvalue weighted by atomic mass is 16.3. The van der Waals surface area contributed by atoms with Crippen LogP contribution in [-0.4, -0.2) is 22.8 Å². The van der Waals surface area contributed by atoms with E-state index in [1.807, 2.05) is 6.07 Å². The summed E-state index contributed by atoms with van der Waals surface area (Å²) in [7, 11) is 0. The second-order valence-corrected chi connectivity index (χ2v) is 9.36. The van der Waals surface area contributed by atoms with Crippen molar-refractivity contribution in [3.05, 3.63) is 29.5 Å². The standard InChI is InChI=1S/C23H30N2O3/c1-14(26)25-17-10-7-11-18(27)21(17)24-16-12-23(2,3)13-19(28)20(16)22(25)15-8-5-4-6-9-15/h7,10-11,15,22,24,27H,4-6,8-9,12-13H2,1-3H3. The van der Waals surface area contributed by atoms with Gasteiger partial charge in [0.1, 0.15) is 11.4 Å². The second-order valence-electron chi connectivity index (χ2n) is 9.36. The number of para-hydroxylation sites is 1. The lowest BCUT2D eigenvalue weighted by Crippen LogP contribution is -2.48. The molecular formula is C23H30N2O3. The molecule has 1 aromatic carbocycles. The van der Waals surface area contributed by atoms with E-state index in [9.17, 15) is 14.7 Å². The number of phenolic OH excluding ortho intramolecular Hbond substituents is 1. The normalized spacial score (nSPS) is 24.9. The van der Waals surface area contributed by atoms with Crippen LogP contribution in [0.3, 0.4) is 0 Å². The molecule has 5 nitrogen and oxygen atoms in total. The molecule has 1 aliphatic heterocycles. The first-order chi connectivity index (χ1) is 13.3. The minimum Gasteiger partial charge on any atom is -0.506 e. The third-order valence-electron chi connectivity index (χ3n) is 6.49. The van der Waals surface area contributed by atoms with Gasteiger partial charge in [-0.1, -0.05) is 39.2 Å². The van der Waals surface area contributed by atoms with E-state index < -0.39 is 0 Å². The van der Waals surface area contributed by atoms with Crippen LogP contribution in [0, 0.1) is 11.3 Å². The molecular weight excluding hydrogens is 352 g/mol. The number of carbonyl (C=O) groups is 2. The molecule has 1 atom stereocenters. The summed E-state index contributed by atoms with van der Waals surface area (Å²) in [5.74, 6) is 0.419. The van der Waals surface area contributed by atoms with Crippen molar-refractivity contribution in [2.75, 3.05) is 10.2 Å². The van der Waals surface area contributed by atoms with Crippen LogP contribution in [0.25, 0.3) is 0 Å². The maximum atomic E-state index is 13.4. The van der Waals surface area contributed by atoms with Gasteiger partial charge in [0.15, 0.2) is 5.78 Å². The van der Waals surface area contributed by atoms with Crippen LogP contribution in [0.1, 0.15) is 65.7 Å². The van der Waals surface area contributed by atoms with Gasteiger partial charge in [-0.15, -0.1) is 0 Å². The Hall–Kier alpha value is -2.30. The fourth-order valence-electron chi connectivity index (χ4n) is 5.34. The zero-order chi connectivity index (χ0) is 20.1. The molecule has 2 N–H and O–H groups in total. The van der Waals surface area contributed by atoms with Gasteiger partial charge in [-0.05, 0) is 42.7 Å². The molecule has 4 rings (SSSR count). The van der Waals surface area contributed by atoms with E-state index in [-0.39, 0.29) is 34.8 Å². The summed E-state index contributed by atoms with van der Waals surface area (Å²) in [5.41, 5.74) is 2.70. The number of nitrogens with zero attached hydrogens (tertiary/aromatic N) is 1. The van der Waals surface area contributed by atoms with Gasteiger partial charge in [0.05, 0.1) is 11.7 Å². The van der Waals surface area contributed by atoms with Gasteiger partial charge in [-0.3, -0.25) is 9.59 Å². The molecule has 1 amide bonds. The number of Topliss-reactive ketones (excluding diaryl/α,β-unsaturated/α-hetero) is 1. The predicted octanol–water partition coefficient (Wildman–Crippen LogP) is 4.76. The maximum absolute atomic E-state index is 13.4. The number of benzene rings is 1. The Morgan fingerprint density at radius 3 is 2.57 bits per heavy atom. The summed E-state index contributed by atoms with van der Waals surface area (Å²) in [6.07, 6.45) is 6.75. The summed E-state index contributed by atoms with van der Waals surface area (Å²) in [6.45, 7) is 5.77. The number of nitrogens with one attached hydrogen (secondary N) is 1. The van der Waals surface area contributed by atoms with Crippen molar-refractivity contribution >= 4 is 23.1 Å². The minimum absolute atomic E-state index is 0.0874. The van der Waals surface area contributed by atoms with Gasteiger partial charge in [0, 0.05) is 24.6 Å². The molecule has 3 aliphatic rings. The zero-order valence-electron chi connectivity index (χ0n) is 17.0. The van der Waals surface area contributed by atoms with E-state index in [0.29, 0.717) is 17.8 Å². The lowest BCUT2D eigenvalue weighted by molar-refractivity contribution is -0.119. The number of hydrogen-bond donors (Lipinski definition) is 2. The number of aromatic hydroxyl groups is 1. The molecule has 1 heterocycles. The van der Waals surface area contributed by atoms with Crippen molar-refractivity contribution in [2.45, 2.75) is 71.8 Å². The number of fused-ring (bicyclic) bond motifs is 1. The molecule has 2 aliphatic carbocycles. The van der Waals surface area contributed by atoms with Crippen molar-refractivity contribution in [2.24, 2.45) is 11.3 Å². The summed E-state index contributed by atoms with van der Waals surface area (Å²) in [5, 5.41) is 13.9. The Morgan fingerprint density at radius 1 is 1.18 bits per heavy atom. The SMILES string of the molecule is CC(=O)N1c2cccc(O)c2NC2=C(C(=O)CC(C)(C)C2)C1C1CCCCC1. The van der Waals surface area contributed by atoms with E-state index in [4.69, 9.17) is 0 Å². The van der Waals surface area contributed by atoms with Gasteiger partial charge >= 0.3 is 0 Å². The monoisotopic (exact) mass is 382 g/mol. The smallest absolute Gasteiger partial charge is 0.224 e. The fourth-order valence-corrected chi connectivity index (χ4v) is 5.34. The molecule has 28 heavy (non-hydrogen) atoms. The number of phenols is 1. The number of anilines is 2. The average molecular weight is 383 g/mol. The molecule has 1 unspecified atom stereocenters. The largest absolute Gasteiger partial charge is 0.506 e. The van der Waals surface area contributed by atoms with E-state index >= 15 is 0 Å². The Bertz CT molecular complexity index is 849. The van der Waals surface area contributed by atoms with Crippen LogP contribution in [0.5, 0.6) is 5.75 Å². The van der Waals surface area contributed by atoms with Gasteiger partial charge in [-0.25, -0.2) is 0 Å². The highest BCUT2D eigenvalue weighted by molar-refractivity contribution is 6.06. The van der Waals surface area contributed by atoms with Crippen molar-refractivity contribution in [3.63, 3.8) is 0 Å². The van der Waals surface area contributed by atoms with Crippen LogP contribution in [-0.2, 0) is 9.59 Å². The predicted molar refractivity (Wildman–Crippen MR) is 110 cm³/mol. The van der Waals surface area contributed by atoms with Crippen LogP contribution < -0.4 is 10.2 Å². The van der Waals surface area contributed by atoms with Gasteiger partial charge in [-0.2, -0.15) is 0 Å². The summed E-state index contributed by atoms with van der Waals surface area (Å²) in [6, 6.07) is 5.00. The highest BCUT2D eigenvalue weighted by Crippen LogP contribution is 2.48. The molecule has 0 radical (unpaired) electrons. The van der Waals surface area contributed by atoms with Crippen molar-refractivity contribution in [3.8, 4) is 5.75 Å². The molecule has 5 heteroatoms. The Balaban J connectivity index is 1.95. The van der Waals surface area contributed by atoms with Crippen molar-refractivity contribution in [1.82, 2.24) is 0 Å². The number of allylic oxidation sites excluding steroid dienone is 1. The van der Waals surface area contributed by atoms with E-state index in [2.05, 4.69) is 19.2 Å². The van der Waals surface area contributed by atoms with E-state index in [1.54, 1.807) is 24.0 Å². The lowest BCUT2D eigenvalue weighted by Gasteiger charge is -2.41. The van der Waals surface area contributed by atoms with Crippen LogP contribution >= 0.6 is 0 Å². The third-order valence-corrected chi connectivity index (χ3v) is 6.49. The summed E-state index contributed by atoms with van der Waals surface area (Å²) >= 11 is 0. The molecule has 0 saturated heterocycles. The number of ketones is 1. The van der Waals surface area contributed by atoms with E-state index in [0.717, 1.165) is 43.4 Å². The molecule has 1 fully saturated rings. The van der Waals surface area contributed by atoms with E-state index in [1.165, 1.54) is 6.42 Å². The lowest BCUT2D eigenvalue weighted by atomic mass is 9.70. The summed E-state index contributed by atoms with van der Waals surface area (Å²) in [4.78, 5) is 28.0. The van der Waals surface area contributed by atoms with Gasteiger partial charge < -0.3 is 15.3 Å². The van der Waals surface area contributed by atoms with Crippen molar-refractivity contribution < 1.29 is 14.7 Å². The fraction of sp³-hybridized carbons (Fsp3) is 0.565. The first kappa shape index (κ1) is 19.0. The topological polar surface area (TPSA) is 69.6 Å².